The molecule has 2 aromatic rings. The Morgan fingerprint density at radius 1 is 0.933 bits per heavy atom. The van der Waals surface area contributed by atoms with E-state index in [0.717, 1.165) is 24.2 Å². The monoisotopic (exact) mass is 202 g/mol. The Morgan fingerprint density at radius 2 is 1.73 bits per heavy atom. The zero-order chi connectivity index (χ0) is 10.5. The molecule has 0 spiro atoms. The average Bonchev–Trinajstić information content (AvgIpc) is 2.28. The summed E-state index contributed by atoms with van der Waals surface area (Å²) in [4.78, 5) is 7.99. The van der Waals surface area contributed by atoms with E-state index in [0.29, 0.717) is 0 Å². The summed E-state index contributed by atoms with van der Waals surface area (Å²) < 4.78 is 12.8. The molecule has 15 heavy (non-hydrogen) atoms. The molecular formula is C12H11FN2. The molecule has 2 heterocycles. The molecule has 0 aliphatic heterocycles. The lowest BCUT2D eigenvalue weighted by atomic mass is 10.1. The second kappa shape index (κ2) is 4.64. The highest BCUT2D eigenvalue weighted by Crippen LogP contribution is 2.03. The SMILES string of the molecule is Fc1cccc(CCc2ccccn2)n1. The zero-order valence-electron chi connectivity index (χ0n) is 8.23. The van der Waals surface area contributed by atoms with Gasteiger partial charge in [-0.2, -0.15) is 4.39 Å². The molecule has 0 fully saturated rings. The van der Waals surface area contributed by atoms with Crippen LogP contribution < -0.4 is 0 Å². The third-order valence-electron chi connectivity index (χ3n) is 2.14. The van der Waals surface area contributed by atoms with E-state index in [9.17, 15) is 4.39 Å². The van der Waals surface area contributed by atoms with Crippen molar-refractivity contribution in [2.45, 2.75) is 12.8 Å². The average molecular weight is 202 g/mol. The number of halogens is 1. The number of pyridine rings is 2. The van der Waals surface area contributed by atoms with Gasteiger partial charge >= 0.3 is 0 Å². The molecule has 0 aliphatic rings. The first kappa shape index (κ1) is 9.77. The van der Waals surface area contributed by atoms with Crippen LogP contribution in [-0.4, -0.2) is 9.97 Å². The smallest absolute Gasteiger partial charge is 0.213 e. The summed E-state index contributed by atoms with van der Waals surface area (Å²) in [6, 6.07) is 10.6. The second-order valence-corrected chi connectivity index (χ2v) is 3.27. The summed E-state index contributed by atoms with van der Waals surface area (Å²) in [5.74, 6) is -0.423. The van der Waals surface area contributed by atoms with Gasteiger partial charge in [0.05, 0.1) is 0 Å². The quantitative estimate of drug-likeness (QED) is 0.714. The number of aryl methyl sites for hydroxylation is 2. The predicted molar refractivity (Wildman–Crippen MR) is 55.8 cm³/mol. The van der Waals surface area contributed by atoms with Gasteiger partial charge in [0, 0.05) is 17.6 Å². The number of aromatic nitrogens is 2. The molecule has 76 valence electrons. The van der Waals surface area contributed by atoms with Crippen LogP contribution in [0.4, 0.5) is 4.39 Å². The Bertz CT molecular complexity index is 429. The van der Waals surface area contributed by atoms with Crippen LogP contribution >= 0.6 is 0 Å². The van der Waals surface area contributed by atoms with Crippen molar-refractivity contribution >= 4 is 0 Å². The molecule has 0 bridgehead atoms. The van der Waals surface area contributed by atoms with E-state index in [1.54, 1.807) is 12.3 Å². The number of hydrogen-bond acceptors (Lipinski definition) is 2. The molecule has 0 radical (unpaired) electrons. The maximum Gasteiger partial charge on any atom is 0.213 e. The first-order valence-electron chi connectivity index (χ1n) is 4.86. The fraction of sp³-hybridized carbons (Fsp3) is 0.167. The topological polar surface area (TPSA) is 25.8 Å². The molecule has 0 amide bonds. The van der Waals surface area contributed by atoms with Gasteiger partial charge < -0.3 is 0 Å². The molecule has 0 saturated carbocycles. The van der Waals surface area contributed by atoms with Crippen LogP contribution in [0.15, 0.2) is 42.6 Å². The lowest BCUT2D eigenvalue weighted by molar-refractivity contribution is 0.576. The standard InChI is InChI=1S/C12H11FN2/c13-12-6-3-5-11(15-12)8-7-10-4-1-2-9-14-10/h1-6,9H,7-8H2. The second-order valence-electron chi connectivity index (χ2n) is 3.27. The summed E-state index contributed by atoms with van der Waals surface area (Å²) in [6.07, 6.45) is 3.26. The molecule has 0 N–H and O–H groups in total. The fourth-order valence-electron chi connectivity index (χ4n) is 1.39. The molecule has 0 unspecified atom stereocenters. The molecular weight excluding hydrogens is 191 g/mol. The molecule has 0 aromatic carbocycles. The van der Waals surface area contributed by atoms with Crippen LogP contribution in [0.5, 0.6) is 0 Å². The Labute approximate surface area is 87.8 Å². The highest BCUT2D eigenvalue weighted by Gasteiger charge is 1.98. The molecule has 3 heteroatoms. The first-order valence-corrected chi connectivity index (χ1v) is 4.86. The van der Waals surface area contributed by atoms with E-state index in [1.165, 1.54) is 6.07 Å². The highest BCUT2D eigenvalue weighted by atomic mass is 19.1. The van der Waals surface area contributed by atoms with Gasteiger partial charge in [-0.05, 0) is 37.1 Å². The minimum Gasteiger partial charge on any atom is -0.261 e. The molecule has 2 rings (SSSR count). The third-order valence-corrected chi connectivity index (χ3v) is 2.14. The van der Waals surface area contributed by atoms with Crippen molar-refractivity contribution in [2.75, 3.05) is 0 Å². The van der Waals surface area contributed by atoms with Crippen molar-refractivity contribution in [3.05, 3.63) is 59.9 Å². The van der Waals surface area contributed by atoms with E-state index in [2.05, 4.69) is 9.97 Å². The van der Waals surface area contributed by atoms with E-state index >= 15 is 0 Å². The van der Waals surface area contributed by atoms with Crippen LogP contribution in [0.3, 0.4) is 0 Å². The van der Waals surface area contributed by atoms with E-state index < -0.39 is 5.95 Å². The first-order chi connectivity index (χ1) is 7.34. The third kappa shape index (κ3) is 2.84. The van der Waals surface area contributed by atoms with Crippen LogP contribution in [-0.2, 0) is 12.8 Å². The summed E-state index contributed by atoms with van der Waals surface area (Å²) in [5.41, 5.74) is 1.77. The minimum absolute atomic E-state index is 0.423. The van der Waals surface area contributed by atoms with Gasteiger partial charge in [-0.1, -0.05) is 12.1 Å². The highest BCUT2D eigenvalue weighted by molar-refractivity contribution is 5.09. The molecule has 0 saturated heterocycles. The Hall–Kier alpha value is -1.77. The zero-order valence-corrected chi connectivity index (χ0v) is 8.23. The van der Waals surface area contributed by atoms with Crippen LogP contribution in [0.1, 0.15) is 11.4 Å². The van der Waals surface area contributed by atoms with E-state index in [4.69, 9.17) is 0 Å². The Balaban J connectivity index is 1.99. The summed E-state index contributed by atoms with van der Waals surface area (Å²) in [5, 5.41) is 0. The predicted octanol–water partition coefficient (Wildman–Crippen LogP) is 2.40. The van der Waals surface area contributed by atoms with Gasteiger partial charge in [-0.25, -0.2) is 4.98 Å². The van der Waals surface area contributed by atoms with E-state index in [1.807, 2.05) is 24.3 Å². The molecule has 0 atom stereocenters. The number of rotatable bonds is 3. The lowest BCUT2D eigenvalue weighted by Gasteiger charge is -2.00. The van der Waals surface area contributed by atoms with Crippen molar-refractivity contribution in [1.82, 2.24) is 9.97 Å². The van der Waals surface area contributed by atoms with E-state index in [-0.39, 0.29) is 0 Å². The van der Waals surface area contributed by atoms with Gasteiger partial charge in [0.1, 0.15) is 0 Å². The maximum atomic E-state index is 12.8. The molecule has 2 aromatic heterocycles. The van der Waals surface area contributed by atoms with Gasteiger partial charge in [0.2, 0.25) is 5.95 Å². The maximum absolute atomic E-state index is 12.8. The Kier molecular flexibility index (Phi) is 3.02. The van der Waals surface area contributed by atoms with Crippen LogP contribution in [0, 0.1) is 5.95 Å². The van der Waals surface area contributed by atoms with Crippen LogP contribution in [0.2, 0.25) is 0 Å². The van der Waals surface area contributed by atoms with Gasteiger partial charge in [-0.3, -0.25) is 4.98 Å². The van der Waals surface area contributed by atoms with Crippen molar-refractivity contribution < 1.29 is 4.39 Å². The fourth-order valence-corrected chi connectivity index (χ4v) is 1.39. The Morgan fingerprint density at radius 3 is 2.47 bits per heavy atom. The number of nitrogens with zero attached hydrogens (tertiary/aromatic N) is 2. The molecule has 0 aliphatic carbocycles. The van der Waals surface area contributed by atoms with Crippen LogP contribution in [0.25, 0.3) is 0 Å². The molecule has 2 nitrogen and oxygen atoms in total. The largest absolute Gasteiger partial charge is 0.261 e. The normalized spacial score (nSPS) is 10.2. The number of hydrogen-bond donors (Lipinski definition) is 0. The van der Waals surface area contributed by atoms with Crippen molar-refractivity contribution in [3.8, 4) is 0 Å². The van der Waals surface area contributed by atoms with Gasteiger partial charge in [0.15, 0.2) is 0 Å². The van der Waals surface area contributed by atoms with Gasteiger partial charge in [-0.15, -0.1) is 0 Å². The summed E-state index contributed by atoms with van der Waals surface area (Å²) in [7, 11) is 0. The van der Waals surface area contributed by atoms with Crippen molar-refractivity contribution in [2.24, 2.45) is 0 Å². The lowest BCUT2D eigenvalue weighted by Crippen LogP contribution is -1.97. The summed E-state index contributed by atoms with van der Waals surface area (Å²) >= 11 is 0. The van der Waals surface area contributed by atoms with Crippen molar-refractivity contribution in [3.63, 3.8) is 0 Å². The van der Waals surface area contributed by atoms with Crippen molar-refractivity contribution in [1.29, 1.82) is 0 Å². The van der Waals surface area contributed by atoms with Gasteiger partial charge in [0.25, 0.3) is 0 Å². The minimum atomic E-state index is -0.423. The summed E-state index contributed by atoms with van der Waals surface area (Å²) in [6.45, 7) is 0.